The lowest BCUT2D eigenvalue weighted by molar-refractivity contribution is -0.124. The zero-order valence-corrected chi connectivity index (χ0v) is 8.48. The van der Waals surface area contributed by atoms with E-state index in [9.17, 15) is 14.4 Å². The van der Waals surface area contributed by atoms with E-state index in [0.29, 0.717) is 5.56 Å². The van der Waals surface area contributed by atoms with Gasteiger partial charge in [-0.2, -0.15) is 0 Å². The van der Waals surface area contributed by atoms with Crippen LogP contribution in [0, 0.1) is 0 Å². The molecule has 0 aliphatic carbocycles. The molecule has 1 rings (SSSR count). The molecule has 1 amide bonds. The van der Waals surface area contributed by atoms with Crippen LogP contribution in [0.5, 0.6) is 0 Å². The number of carbonyl (C=O) groups is 2. The number of carbonyl (C=O) groups excluding carboxylic acids is 3. The normalized spacial score (nSPS) is 11.3. The highest BCUT2D eigenvalue weighted by Gasteiger charge is 2.25. The largest absolute Gasteiger partial charge is 0.286 e. The fraction of sp³-hybridized carbons (Fsp3) is 0.100. The Balaban J connectivity index is 3.09. The fourth-order valence-electron chi connectivity index (χ4n) is 1.15. The van der Waals surface area contributed by atoms with Gasteiger partial charge in [-0.15, -0.1) is 17.6 Å². The number of aliphatic imine (C=N–C) groups is 1. The van der Waals surface area contributed by atoms with Gasteiger partial charge in [-0.25, -0.2) is 4.79 Å². The van der Waals surface area contributed by atoms with Crippen LogP contribution >= 0.6 is 12.6 Å². The van der Waals surface area contributed by atoms with Gasteiger partial charge in [0.05, 0.1) is 0 Å². The van der Waals surface area contributed by atoms with E-state index in [4.69, 9.17) is 0 Å². The maximum atomic E-state index is 11.3. The van der Waals surface area contributed by atoms with Gasteiger partial charge in [0.15, 0.2) is 0 Å². The van der Waals surface area contributed by atoms with Crippen LogP contribution in [0.4, 0.5) is 0 Å². The molecule has 0 N–H and O–H groups in total. The summed E-state index contributed by atoms with van der Waals surface area (Å²) in [5, 5.41) is -0.648. The molecule has 0 saturated carbocycles. The van der Waals surface area contributed by atoms with E-state index in [2.05, 4.69) is 17.6 Å². The van der Waals surface area contributed by atoms with Crippen molar-refractivity contribution >= 4 is 29.7 Å². The molecule has 0 radical (unpaired) electrons. The van der Waals surface area contributed by atoms with Gasteiger partial charge in [-0.3, -0.25) is 9.59 Å². The summed E-state index contributed by atoms with van der Waals surface area (Å²) in [6.45, 7) is 0. The number of hydrogen-bond acceptors (Lipinski definition) is 3. The number of thiol groups is 1. The minimum atomic E-state index is -1.13. The third-order valence-corrected chi connectivity index (χ3v) is 2.04. The van der Waals surface area contributed by atoms with Crippen LogP contribution in [0.1, 0.15) is 11.5 Å². The minimum Gasteiger partial charge on any atom is -0.286 e. The molecule has 0 aliphatic heterocycles. The van der Waals surface area contributed by atoms with Crippen LogP contribution in [0.3, 0.4) is 0 Å². The second-order valence-corrected chi connectivity index (χ2v) is 3.16. The molecule has 5 heteroatoms. The average Bonchev–Trinajstić information content (AvgIpc) is 2.19. The Bertz CT molecular complexity index is 424. The van der Waals surface area contributed by atoms with Crippen LogP contribution in [0.2, 0.25) is 0 Å². The number of hydrogen-bond donors (Lipinski definition) is 1. The Morgan fingerprint density at radius 2 is 1.87 bits per heavy atom. The van der Waals surface area contributed by atoms with Gasteiger partial charge in [0, 0.05) is 0 Å². The Morgan fingerprint density at radius 3 is 2.33 bits per heavy atom. The van der Waals surface area contributed by atoms with E-state index < -0.39 is 16.9 Å². The molecular weight excluding hydrogens is 214 g/mol. The topological polar surface area (TPSA) is 63.6 Å². The maximum Gasteiger partial charge on any atom is 0.272 e. The van der Waals surface area contributed by atoms with Gasteiger partial charge in [0.25, 0.3) is 5.91 Å². The quantitative estimate of drug-likeness (QED) is 0.359. The van der Waals surface area contributed by atoms with Gasteiger partial charge < -0.3 is 0 Å². The van der Waals surface area contributed by atoms with Crippen LogP contribution in [0.15, 0.2) is 35.3 Å². The standard InChI is InChI=1S/C10H7NO3S/c12-6-11-9(13)8(10(14)15)7-4-2-1-3-5-7/h1-5,8H,(H,14,15). The Morgan fingerprint density at radius 1 is 1.27 bits per heavy atom. The summed E-state index contributed by atoms with van der Waals surface area (Å²) >= 11 is 3.59. The van der Waals surface area contributed by atoms with Crippen molar-refractivity contribution in [3.05, 3.63) is 35.9 Å². The predicted molar refractivity (Wildman–Crippen MR) is 56.3 cm³/mol. The highest BCUT2D eigenvalue weighted by molar-refractivity contribution is 7.96. The number of amides is 1. The first-order valence-corrected chi connectivity index (χ1v) is 4.51. The lowest BCUT2D eigenvalue weighted by atomic mass is 10.00. The number of benzene rings is 1. The van der Waals surface area contributed by atoms with E-state index in [1.807, 2.05) is 0 Å². The summed E-state index contributed by atoms with van der Waals surface area (Å²) < 4.78 is 0. The minimum absolute atomic E-state index is 0.460. The van der Waals surface area contributed by atoms with E-state index in [1.165, 1.54) is 0 Å². The molecule has 1 unspecified atom stereocenters. The molecule has 0 saturated heterocycles. The van der Waals surface area contributed by atoms with Crippen molar-refractivity contribution in [1.82, 2.24) is 0 Å². The van der Waals surface area contributed by atoms with Crippen LogP contribution in [0.25, 0.3) is 0 Å². The number of rotatable bonds is 3. The zero-order valence-electron chi connectivity index (χ0n) is 7.58. The average molecular weight is 221 g/mol. The summed E-state index contributed by atoms with van der Waals surface area (Å²) in [5.74, 6) is -1.98. The van der Waals surface area contributed by atoms with E-state index in [-0.39, 0.29) is 0 Å². The molecular formula is C10H7NO3S. The first-order valence-electron chi connectivity index (χ1n) is 4.06. The molecule has 1 aromatic carbocycles. The first-order chi connectivity index (χ1) is 7.16. The van der Waals surface area contributed by atoms with Gasteiger partial charge in [0.2, 0.25) is 11.2 Å². The molecule has 0 heterocycles. The Kier molecular flexibility index (Phi) is 3.97. The van der Waals surface area contributed by atoms with Crippen molar-refractivity contribution in [3.63, 3.8) is 0 Å². The predicted octanol–water partition coefficient (Wildman–Crippen LogP) is 1.09. The Hall–Kier alpha value is -1.71. The third kappa shape index (κ3) is 2.87. The van der Waals surface area contributed by atoms with Crippen molar-refractivity contribution in [1.29, 1.82) is 0 Å². The summed E-state index contributed by atoms with van der Waals surface area (Å²) in [5.41, 5.74) is 0.460. The molecule has 0 aliphatic rings. The molecule has 76 valence electrons. The lowest BCUT2D eigenvalue weighted by Crippen LogP contribution is -2.16. The van der Waals surface area contributed by atoms with Crippen molar-refractivity contribution in [2.24, 2.45) is 4.99 Å². The van der Waals surface area contributed by atoms with E-state index >= 15 is 0 Å². The molecule has 4 nitrogen and oxygen atoms in total. The van der Waals surface area contributed by atoms with Crippen molar-refractivity contribution in [3.8, 4) is 0 Å². The maximum absolute atomic E-state index is 11.3. The first kappa shape index (κ1) is 11.4. The SMILES string of the molecule is O=C=NC(=O)C(C(=O)S)c1ccccc1. The molecule has 0 spiro atoms. The summed E-state index contributed by atoms with van der Waals surface area (Å²) in [6.07, 6.45) is 1.11. The third-order valence-electron chi connectivity index (χ3n) is 1.78. The lowest BCUT2D eigenvalue weighted by Gasteiger charge is -2.07. The number of isocyanates is 1. The van der Waals surface area contributed by atoms with Crippen molar-refractivity contribution in [2.45, 2.75) is 5.92 Å². The summed E-state index contributed by atoms with van der Waals surface area (Å²) in [7, 11) is 0. The molecule has 0 bridgehead atoms. The van der Waals surface area contributed by atoms with Gasteiger partial charge >= 0.3 is 0 Å². The van der Waals surface area contributed by atoms with Gasteiger partial charge in [-0.05, 0) is 5.56 Å². The van der Waals surface area contributed by atoms with Crippen molar-refractivity contribution in [2.75, 3.05) is 0 Å². The van der Waals surface area contributed by atoms with Crippen LogP contribution in [-0.2, 0) is 14.4 Å². The highest BCUT2D eigenvalue weighted by atomic mass is 32.1. The summed E-state index contributed by atoms with van der Waals surface area (Å²) in [6, 6.07) is 8.29. The molecule has 1 aromatic rings. The molecule has 0 fully saturated rings. The van der Waals surface area contributed by atoms with Crippen molar-refractivity contribution < 1.29 is 14.4 Å². The van der Waals surface area contributed by atoms with E-state index in [0.717, 1.165) is 6.08 Å². The second kappa shape index (κ2) is 5.24. The summed E-state index contributed by atoms with van der Waals surface area (Å²) in [4.78, 5) is 35.2. The smallest absolute Gasteiger partial charge is 0.272 e. The molecule has 1 atom stereocenters. The molecule has 15 heavy (non-hydrogen) atoms. The molecule has 0 aromatic heterocycles. The van der Waals surface area contributed by atoms with Crippen LogP contribution in [-0.4, -0.2) is 17.1 Å². The zero-order chi connectivity index (χ0) is 11.3. The van der Waals surface area contributed by atoms with Crippen LogP contribution < -0.4 is 0 Å². The van der Waals surface area contributed by atoms with E-state index in [1.54, 1.807) is 30.3 Å². The second-order valence-electron chi connectivity index (χ2n) is 2.72. The highest BCUT2D eigenvalue weighted by Crippen LogP contribution is 2.19. The van der Waals surface area contributed by atoms with Gasteiger partial charge in [0.1, 0.15) is 5.92 Å². The monoisotopic (exact) mass is 221 g/mol. The fourth-order valence-corrected chi connectivity index (χ4v) is 1.41. The van der Waals surface area contributed by atoms with Gasteiger partial charge in [-0.1, -0.05) is 30.3 Å². The number of nitrogens with zero attached hydrogens (tertiary/aromatic N) is 1. The Labute approximate surface area is 91.4 Å².